The predicted octanol–water partition coefficient (Wildman–Crippen LogP) is 5.25. The van der Waals surface area contributed by atoms with Crippen molar-refractivity contribution in [2.45, 2.75) is 52.2 Å². The van der Waals surface area contributed by atoms with E-state index < -0.39 is 6.61 Å². The van der Waals surface area contributed by atoms with Crippen molar-refractivity contribution in [3.8, 4) is 0 Å². The molecule has 0 N–H and O–H groups in total. The van der Waals surface area contributed by atoms with Gasteiger partial charge >= 0.3 is 6.61 Å². The third kappa shape index (κ3) is 4.92. The number of thiophene rings is 1. The van der Waals surface area contributed by atoms with Gasteiger partial charge in [0.2, 0.25) is 0 Å². The van der Waals surface area contributed by atoms with Gasteiger partial charge in [0, 0.05) is 34.3 Å². The van der Waals surface area contributed by atoms with E-state index in [1.54, 1.807) is 11.3 Å². The number of aromatic nitrogens is 1. The smallest absolute Gasteiger partial charge is 0.322 e. The summed E-state index contributed by atoms with van der Waals surface area (Å²) in [5.74, 6) is 0. The Bertz CT molecular complexity index is 718. The lowest BCUT2D eigenvalue weighted by Gasteiger charge is -2.38. The number of likely N-dealkylation sites (tertiary alicyclic amines) is 1. The van der Waals surface area contributed by atoms with Crippen LogP contribution in [0.4, 0.5) is 8.78 Å². The van der Waals surface area contributed by atoms with Crippen LogP contribution in [0.15, 0.2) is 35.8 Å². The fourth-order valence-electron chi connectivity index (χ4n) is 3.90. The van der Waals surface area contributed by atoms with E-state index >= 15 is 0 Å². The molecule has 27 heavy (non-hydrogen) atoms. The predicted molar refractivity (Wildman–Crippen MR) is 105 cm³/mol. The molecule has 0 radical (unpaired) electrons. The van der Waals surface area contributed by atoms with Crippen LogP contribution in [0.2, 0.25) is 0 Å². The highest BCUT2D eigenvalue weighted by molar-refractivity contribution is 7.09. The molecule has 1 aliphatic rings. The van der Waals surface area contributed by atoms with E-state index in [1.165, 1.54) is 4.88 Å². The first-order valence-electron chi connectivity index (χ1n) is 9.41. The molecule has 3 nitrogen and oxygen atoms in total. The fourth-order valence-corrected chi connectivity index (χ4v) is 4.61. The normalized spacial score (nSPS) is 21.3. The molecular formula is C21H28F2N2OS. The number of ether oxygens (including phenoxy) is 1. The topological polar surface area (TPSA) is 25.4 Å². The summed E-state index contributed by atoms with van der Waals surface area (Å²) in [5, 5.41) is 2.06. The summed E-state index contributed by atoms with van der Waals surface area (Å²) in [5.41, 5.74) is 1.70. The molecule has 0 saturated carbocycles. The molecule has 2 aromatic heterocycles. The highest BCUT2D eigenvalue weighted by atomic mass is 32.1. The van der Waals surface area contributed by atoms with E-state index in [0.717, 1.165) is 43.6 Å². The van der Waals surface area contributed by atoms with Crippen LogP contribution >= 0.6 is 11.3 Å². The Labute approximate surface area is 164 Å². The molecule has 0 aromatic carbocycles. The molecule has 3 heterocycles. The molecule has 1 atom stereocenters. The number of alkyl halides is 2. The molecule has 0 spiro atoms. The molecule has 3 rings (SSSR count). The zero-order valence-corrected chi connectivity index (χ0v) is 17.1. The van der Waals surface area contributed by atoms with E-state index in [1.807, 2.05) is 25.3 Å². The van der Waals surface area contributed by atoms with E-state index in [2.05, 4.69) is 41.2 Å². The quantitative estimate of drug-likeness (QED) is 0.611. The summed E-state index contributed by atoms with van der Waals surface area (Å²) >= 11 is 1.72. The lowest BCUT2D eigenvalue weighted by atomic mass is 9.82. The minimum Gasteiger partial charge on any atom is -0.322 e. The molecule has 1 aliphatic heterocycles. The molecule has 0 amide bonds. The van der Waals surface area contributed by atoms with Crippen molar-refractivity contribution in [2.75, 3.05) is 19.7 Å². The van der Waals surface area contributed by atoms with E-state index in [4.69, 9.17) is 4.74 Å². The number of pyridine rings is 1. The highest BCUT2D eigenvalue weighted by Crippen LogP contribution is 2.42. The van der Waals surface area contributed by atoms with Crippen molar-refractivity contribution in [1.29, 1.82) is 0 Å². The van der Waals surface area contributed by atoms with Crippen LogP contribution in [-0.4, -0.2) is 36.2 Å². The van der Waals surface area contributed by atoms with Crippen molar-refractivity contribution >= 4 is 11.3 Å². The van der Waals surface area contributed by atoms with E-state index in [-0.39, 0.29) is 17.6 Å². The summed E-state index contributed by atoms with van der Waals surface area (Å²) in [6.45, 7) is 5.36. The van der Waals surface area contributed by atoms with Crippen LogP contribution in [0.25, 0.3) is 0 Å². The number of aryl methyl sites for hydroxylation is 2. The van der Waals surface area contributed by atoms with Gasteiger partial charge < -0.3 is 4.74 Å². The molecular weight excluding hydrogens is 366 g/mol. The average Bonchev–Trinajstić information content (AvgIpc) is 3.29. The van der Waals surface area contributed by atoms with Crippen LogP contribution in [-0.2, 0) is 16.7 Å². The van der Waals surface area contributed by atoms with Crippen molar-refractivity contribution in [3.05, 3.63) is 52.0 Å². The molecule has 0 bridgehead atoms. The lowest BCUT2D eigenvalue weighted by molar-refractivity contribution is -0.152. The zero-order valence-electron chi connectivity index (χ0n) is 16.3. The largest absolute Gasteiger partial charge is 0.345 e. The average molecular weight is 395 g/mol. The molecule has 0 unspecified atom stereocenters. The summed E-state index contributed by atoms with van der Waals surface area (Å²) in [6, 6.07) is 8.29. The SMILES string of the molecule is Cc1ccc(C(C)(C)N2CC[C@@](CCc3cccs3)(COC(F)F)C2)cn1. The summed E-state index contributed by atoms with van der Waals surface area (Å²) < 4.78 is 30.3. The second-order valence-electron chi connectivity index (χ2n) is 8.07. The van der Waals surface area contributed by atoms with Gasteiger partial charge in [0.15, 0.2) is 0 Å². The third-order valence-electron chi connectivity index (χ3n) is 5.84. The second kappa shape index (κ2) is 8.33. The number of rotatable bonds is 8. The van der Waals surface area contributed by atoms with Gasteiger partial charge in [-0.25, -0.2) is 0 Å². The minimum atomic E-state index is -2.72. The minimum absolute atomic E-state index is 0.106. The lowest BCUT2D eigenvalue weighted by Crippen LogP contribution is -2.42. The molecule has 6 heteroatoms. The van der Waals surface area contributed by atoms with Crippen molar-refractivity contribution in [2.24, 2.45) is 5.41 Å². The van der Waals surface area contributed by atoms with Gasteiger partial charge in [-0.1, -0.05) is 12.1 Å². The Balaban J connectivity index is 1.74. The maximum atomic E-state index is 12.8. The first-order chi connectivity index (χ1) is 12.8. The van der Waals surface area contributed by atoms with E-state index in [0.29, 0.717) is 0 Å². The maximum absolute atomic E-state index is 12.8. The molecule has 0 aliphatic carbocycles. The van der Waals surface area contributed by atoms with Crippen molar-refractivity contribution < 1.29 is 13.5 Å². The van der Waals surface area contributed by atoms with Crippen LogP contribution in [0.3, 0.4) is 0 Å². The van der Waals surface area contributed by atoms with Crippen molar-refractivity contribution in [3.63, 3.8) is 0 Å². The van der Waals surface area contributed by atoms with Crippen LogP contribution < -0.4 is 0 Å². The summed E-state index contributed by atoms with van der Waals surface area (Å²) in [7, 11) is 0. The van der Waals surface area contributed by atoms with Gasteiger partial charge in [-0.15, -0.1) is 11.3 Å². The first-order valence-corrected chi connectivity index (χ1v) is 10.3. The van der Waals surface area contributed by atoms with Gasteiger partial charge in [0.25, 0.3) is 0 Å². The summed E-state index contributed by atoms with van der Waals surface area (Å²) in [6.07, 6.45) is 4.56. The fraction of sp³-hybridized carbons (Fsp3) is 0.571. The molecule has 2 aromatic rings. The number of hydrogen-bond donors (Lipinski definition) is 0. The molecule has 1 saturated heterocycles. The Morgan fingerprint density at radius 1 is 1.33 bits per heavy atom. The number of halogens is 2. The van der Waals surface area contributed by atoms with Gasteiger partial charge in [-0.3, -0.25) is 9.88 Å². The second-order valence-corrected chi connectivity index (χ2v) is 9.10. The Kier molecular flexibility index (Phi) is 6.28. The van der Waals surface area contributed by atoms with Crippen LogP contribution in [0.1, 0.15) is 42.8 Å². The maximum Gasteiger partial charge on any atom is 0.345 e. The standard InChI is InChI=1S/C21H28F2N2OS/c1-16-6-7-17(13-24-16)20(2,3)25-11-10-21(14-25,15-26-19(22)23)9-8-18-5-4-12-27-18/h4-7,12-13,19H,8-11,14-15H2,1-3H3/t21-/m1/s1. The third-order valence-corrected chi connectivity index (χ3v) is 6.78. The van der Waals surface area contributed by atoms with Crippen LogP contribution in [0.5, 0.6) is 0 Å². The number of hydrogen-bond acceptors (Lipinski definition) is 4. The number of nitrogens with zero attached hydrogens (tertiary/aromatic N) is 2. The van der Waals surface area contributed by atoms with Gasteiger partial charge in [-0.05, 0) is 69.7 Å². The molecule has 1 fully saturated rings. The van der Waals surface area contributed by atoms with Gasteiger partial charge in [0.05, 0.1) is 6.61 Å². The molecule has 148 valence electrons. The zero-order chi connectivity index (χ0) is 19.5. The Morgan fingerprint density at radius 3 is 2.78 bits per heavy atom. The Hall–Kier alpha value is -1.37. The van der Waals surface area contributed by atoms with Gasteiger partial charge in [0.1, 0.15) is 0 Å². The van der Waals surface area contributed by atoms with Crippen LogP contribution in [0, 0.1) is 12.3 Å². The van der Waals surface area contributed by atoms with E-state index in [9.17, 15) is 8.78 Å². The highest BCUT2D eigenvalue weighted by Gasteiger charge is 2.44. The van der Waals surface area contributed by atoms with Gasteiger partial charge in [-0.2, -0.15) is 8.78 Å². The van der Waals surface area contributed by atoms with Crippen molar-refractivity contribution in [1.82, 2.24) is 9.88 Å². The Morgan fingerprint density at radius 2 is 2.15 bits per heavy atom. The monoisotopic (exact) mass is 394 g/mol. The summed E-state index contributed by atoms with van der Waals surface area (Å²) in [4.78, 5) is 8.12. The first kappa shape index (κ1) is 20.4.